The average molecular weight is 297 g/mol. The summed E-state index contributed by atoms with van der Waals surface area (Å²) in [6, 6.07) is 0.392. The van der Waals surface area contributed by atoms with Crippen LogP contribution in [0.2, 0.25) is 0 Å². The van der Waals surface area contributed by atoms with Crippen molar-refractivity contribution in [2.75, 3.05) is 39.3 Å². The smallest absolute Gasteiger partial charge is 0.234 e. The molecule has 2 N–H and O–H groups in total. The quantitative estimate of drug-likeness (QED) is 0.722. The number of ether oxygens (including phenoxy) is 1. The Morgan fingerprint density at radius 2 is 2.00 bits per heavy atom. The van der Waals surface area contributed by atoms with Crippen molar-refractivity contribution >= 4 is 5.91 Å². The maximum Gasteiger partial charge on any atom is 0.234 e. The second-order valence-corrected chi connectivity index (χ2v) is 6.27. The molecule has 0 spiro atoms. The third kappa shape index (κ3) is 6.32. The zero-order valence-electron chi connectivity index (χ0n) is 13.4. The van der Waals surface area contributed by atoms with Gasteiger partial charge in [0.1, 0.15) is 0 Å². The molecule has 2 fully saturated rings. The van der Waals surface area contributed by atoms with Crippen LogP contribution in [0, 0.1) is 0 Å². The monoisotopic (exact) mass is 297 g/mol. The molecule has 1 aliphatic heterocycles. The van der Waals surface area contributed by atoms with Crippen LogP contribution in [0.1, 0.15) is 45.4 Å². The Labute approximate surface area is 128 Å². The summed E-state index contributed by atoms with van der Waals surface area (Å²) in [5.74, 6) is 0.130. The number of carbonyl (C=O) groups excluding carboxylic acids is 1. The van der Waals surface area contributed by atoms with Gasteiger partial charge in [-0.3, -0.25) is 9.69 Å². The fourth-order valence-electron chi connectivity index (χ4n) is 3.24. The van der Waals surface area contributed by atoms with Crippen LogP contribution < -0.4 is 10.6 Å². The Morgan fingerprint density at radius 3 is 2.71 bits per heavy atom. The summed E-state index contributed by atoms with van der Waals surface area (Å²) < 4.78 is 5.72. The van der Waals surface area contributed by atoms with Gasteiger partial charge in [0.25, 0.3) is 0 Å². The Morgan fingerprint density at radius 1 is 1.24 bits per heavy atom. The van der Waals surface area contributed by atoms with Crippen LogP contribution in [-0.4, -0.2) is 62.3 Å². The molecule has 2 rings (SSSR count). The highest BCUT2D eigenvalue weighted by Gasteiger charge is 2.19. The molecular formula is C16H31N3O2. The lowest BCUT2D eigenvalue weighted by atomic mass is 10.1. The third-order valence-electron chi connectivity index (χ3n) is 4.55. The largest absolute Gasteiger partial charge is 0.374 e. The van der Waals surface area contributed by atoms with E-state index in [-0.39, 0.29) is 12.0 Å². The van der Waals surface area contributed by atoms with Gasteiger partial charge < -0.3 is 15.4 Å². The highest BCUT2D eigenvalue weighted by atomic mass is 16.5. The van der Waals surface area contributed by atoms with Crippen LogP contribution in [0.5, 0.6) is 0 Å². The average Bonchev–Trinajstić information content (AvgIpc) is 2.76. The van der Waals surface area contributed by atoms with Crippen molar-refractivity contribution < 1.29 is 9.53 Å². The van der Waals surface area contributed by atoms with E-state index in [1.54, 1.807) is 0 Å². The van der Waals surface area contributed by atoms with Crippen molar-refractivity contribution in [3.63, 3.8) is 0 Å². The van der Waals surface area contributed by atoms with E-state index in [4.69, 9.17) is 4.74 Å². The fraction of sp³-hybridized carbons (Fsp3) is 0.938. The molecule has 122 valence electrons. The number of morpholine rings is 1. The zero-order chi connectivity index (χ0) is 14.9. The minimum atomic E-state index is 0.130. The topological polar surface area (TPSA) is 53.6 Å². The number of nitrogens with one attached hydrogen (secondary N) is 2. The zero-order valence-corrected chi connectivity index (χ0v) is 13.4. The SMILES string of the molecule is CCN1CCOC(CNCC(=O)NC2CCCCCC2)C1. The lowest BCUT2D eigenvalue weighted by Crippen LogP contribution is -2.48. The van der Waals surface area contributed by atoms with E-state index >= 15 is 0 Å². The number of rotatable bonds is 6. The Balaban J connectivity index is 1.58. The maximum absolute atomic E-state index is 12.0. The molecular weight excluding hydrogens is 266 g/mol. The van der Waals surface area contributed by atoms with Crippen molar-refractivity contribution in [1.82, 2.24) is 15.5 Å². The van der Waals surface area contributed by atoms with E-state index in [9.17, 15) is 4.79 Å². The second-order valence-electron chi connectivity index (χ2n) is 6.27. The van der Waals surface area contributed by atoms with Crippen LogP contribution in [0.25, 0.3) is 0 Å². The molecule has 1 saturated carbocycles. The summed E-state index contributed by atoms with van der Waals surface area (Å²) in [5.41, 5.74) is 0. The van der Waals surface area contributed by atoms with E-state index in [1.165, 1.54) is 25.7 Å². The van der Waals surface area contributed by atoms with Crippen LogP contribution in [0.3, 0.4) is 0 Å². The van der Waals surface area contributed by atoms with Gasteiger partial charge >= 0.3 is 0 Å². The lowest BCUT2D eigenvalue weighted by molar-refractivity contribution is -0.121. The van der Waals surface area contributed by atoms with E-state index in [1.807, 2.05) is 0 Å². The highest BCUT2D eigenvalue weighted by molar-refractivity contribution is 5.78. The molecule has 0 aromatic heterocycles. The van der Waals surface area contributed by atoms with Crippen LogP contribution in [-0.2, 0) is 9.53 Å². The first-order valence-corrected chi connectivity index (χ1v) is 8.62. The van der Waals surface area contributed by atoms with Gasteiger partial charge in [0, 0.05) is 25.7 Å². The van der Waals surface area contributed by atoms with Gasteiger partial charge in [-0.2, -0.15) is 0 Å². The van der Waals surface area contributed by atoms with E-state index in [0.717, 1.165) is 45.6 Å². The maximum atomic E-state index is 12.0. The summed E-state index contributed by atoms with van der Waals surface area (Å²) in [6.07, 6.45) is 7.63. The van der Waals surface area contributed by atoms with E-state index < -0.39 is 0 Å². The molecule has 1 saturated heterocycles. The normalized spacial score (nSPS) is 25.5. The number of hydrogen-bond donors (Lipinski definition) is 2. The molecule has 21 heavy (non-hydrogen) atoms. The molecule has 1 heterocycles. The van der Waals surface area contributed by atoms with Gasteiger partial charge in [0.05, 0.1) is 19.3 Å². The van der Waals surface area contributed by atoms with Crippen LogP contribution in [0.15, 0.2) is 0 Å². The molecule has 1 unspecified atom stereocenters. The second kappa shape index (κ2) is 9.38. The summed E-state index contributed by atoms with van der Waals surface area (Å²) in [5, 5.41) is 6.40. The number of hydrogen-bond acceptors (Lipinski definition) is 4. The van der Waals surface area contributed by atoms with Crippen molar-refractivity contribution in [2.45, 2.75) is 57.6 Å². The number of carbonyl (C=O) groups is 1. The first kappa shape index (κ1) is 16.7. The van der Waals surface area contributed by atoms with E-state index in [2.05, 4.69) is 22.5 Å². The van der Waals surface area contributed by atoms with Crippen molar-refractivity contribution in [1.29, 1.82) is 0 Å². The van der Waals surface area contributed by atoms with E-state index in [0.29, 0.717) is 12.6 Å². The van der Waals surface area contributed by atoms with Crippen molar-refractivity contribution in [3.8, 4) is 0 Å². The lowest BCUT2D eigenvalue weighted by Gasteiger charge is -2.32. The van der Waals surface area contributed by atoms with Crippen molar-refractivity contribution in [2.24, 2.45) is 0 Å². The van der Waals surface area contributed by atoms with Gasteiger partial charge in [-0.1, -0.05) is 32.6 Å². The van der Waals surface area contributed by atoms with Crippen molar-refractivity contribution in [3.05, 3.63) is 0 Å². The van der Waals surface area contributed by atoms with Gasteiger partial charge in [0.15, 0.2) is 0 Å². The predicted octanol–water partition coefficient (Wildman–Crippen LogP) is 1.14. The molecule has 2 aliphatic rings. The summed E-state index contributed by atoms with van der Waals surface area (Å²) >= 11 is 0. The van der Waals surface area contributed by atoms with Gasteiger partial charge in [0.2, 0.25) is 5.91 Å². The Kier molecular flexibility index (Phi) is 7.47. The van der Waals surface area contributed by atoms with Gasteiger partial charge in [-0.15, -0.1) is 0 Å². The van der Waals surface area contributed by atoms with Gasteiger partial charge in [-0.05, 0) is 19.4 Å². The summed E-state index contributed by atoms with van der Waals surface area (Å²) in [6.45, 7) is 7.20. The van der Waals surface area contributed by atoms with Crippen LogP contribution >= 0.6 is 0 Å². The molecule has 5 heteroatoms. The molecule has 5 nitrogen and oxygen atoms in total. The summed E-state index contributed by atoms with van der Waals surface area (Å²) in [7, 11) is 0. The molecule has 1 aliphatic carbocycles. The Bertz CT molecular complexity index is 304. The number of nitrogens with zero attached hydrogens (tertiary/aromatic N) is 1. The molecule has 1 atom stereocenters. The molecule has 1 amide bonds. The first-order valence-electron chi connectivity index (χ1n) is 8.62. The number of amides is 1. The molecule has 0 aromatic carbocycles. The minimum Gasteiger partial charge on any atom is -0.374 e. The Hall–Kier alpha value is -0.650. The summed E-state index contributed by atoms with van der Waals surface area (Å²) in [4.78, 5) is 14.4. The van der Waals surface area contributed by atoms with Crippen LogP contribution in [0.4, 0.5) is 0 Å². The van der Waals surface area contributed by atoms with Gasteiger partial charge in [-0.25, -0.2) is 0 Å². The third-order valence-corrected chi connectivity index (χ3v) is 4.55. The minimum absolute atomic E-state index is 0.130. The first-order chi connectivity index (χ1) is 10.3. The molecule has 0 radical (unpaired) electrons. The predicted molar refractivity (Wildman–Crippen MR) is 84.4 cm³/mol. The highest BCUT2D eigenvalue weighted by Crippen LogP contribution is 2.16. The fourth-order valence-corrected chi connectivity index (χ4v) is 3.24. The standard InChI is InChI=1S/C16H31N3O2/c1-2-19-9-10-21-15(13-19)11-17-12-16(20)18-14-7-5-3-4-6-8-14/h14-15,17H,2-13H2,1H3,(H,18,20). The molecule has 0 aromatic rings. The molecule has 0 bridgehead atoms. The number of likely N-dealkylation sites (N-methyl/N-ethyl adjacent to an activating group) is 1.